The van der Waals surface area contributed by atoms with Crippen LogP contribution in [0.2, 0.25) is 0 Å². The Hall–Kier alpha value is -4.90. The average Bonchev–Trinajstić information content (AvgIpc) is 3.07. The van der Waals surface area contributed by atoms with E-state index in [1.807, 2.05) is 24.3 Å². The van der Waals surface area contributed by atoms with Crippen molar-refractivity contribution in [2.45, 2.75) is 18.4 Å². The minimum absolute atomic E-state index is 0.661. The highest BCUT2D eigenvalue weighted by Crippen LogP contribution is 2.53. The second-order valence-electron chi connectivity index (χ2n) is 10.6. The zero-order chi connectivity index (χ0) is 28.8. The number of rotatable bonds is 6. The summed E-state index contributed by atoms with van der Waals surface area (Å²) in [4.78, 5) is 0. The molecule has 0 N–H and O–H groups in total. The van der Waals surface area contributed by atoms with Crippen molar-refractivity contribution in [3.05, 3.63) is 119 Å². The first-order valence-corrected chi connectivity index (χ1v) is 14.1. The topological polar surface area (TPSA) is 46.2 Å². The summed E-state index contributed by atoms with van der Waals surface area (Å²) in [6.45, 7) is 0. The minimum atomic E-state index is -0.882. The van der Waals surface area contributed by atoms with Crippen LogP contribution in [0.15, 0.2) is 91.0 Å². The van der Waals surface area contributed by atoms with E-state index < -0.39 is 5.60 Å². The van der Waals surface area contributed by atoms with Crippen LogP contribution in [0, 0.1) is 0 Å². The van der Waals surface area contributed by atoms with E-state index in [2.05, 4.69) is 72.8 Å². The van der Waals surface area contributed by atoms with Crippen molar-refractivity contribution < 1.29 is 23.7 Å². The molecule has 0 bridgehead atoms. The van der Waals surface area contributed by atoms with E-state index in [1.165, 1.54) is 22.3 Å². The number of fused-ring (bicyclic) bond motifs is 8. The second-order valence-corrected chi connectivity index (χ2v) is 10.6. The molecule has 0 amide bonds. The molecule has 0 atom stereocenters. The zero-order valence-electron chi connectivity index (χ0n) is 24.2. The lowest BCUT2D eigenvalue weighted by Gasteiger charge is -2.38. The first kappa shape index (κ1) is 26.0. The maximum Gasteiger partial charge on any atom is 0.178 e. The summed E-state index contributed by atoms with van der Waals surface area (Å²) in [6.07, 6.45) is 6.33. The summed E-state index contributed by atoms with van der Waals surface area (Å²) in [5.74, 6) is 3.77. The third-order valence-electron chi connectivity index (χ3n) is 8.63. The van der Waals surface area contributed by atoms with Crippen molar-refractivity contribution in [2.75, 3.05) is 28.4 Å². The van der Waals surface area contributed by atoms with Gasteiger partial charge in [0.2, 0.25) is 0 Å². The highest BCUT2D eigenvalue weighted by atomic mass is 16.5. The van der Waals surface area contributed by atoms with E-state index in [0.717, 1.165) is 57.6 Å². The maximum absolute atomic E-state index is 7.31. The van der Waals surface area contributed by atoms with Crippen molar-refractivity contribution in [3.63, 3.8) is 0 Å². The fourth-order valence-electron chi connectivity index (χ4n) is 6.50. The normalized spacial score (nSPS) is 14.3. The molecule has 0 unspecified atom stereocenters. The van der Waals surface area contributed by atoms with Crippen LogP contribution >= 0.6 is 0 Å². The van der Waals surface area contributed by atoms with Crippen LogP contribution in [-0.4, -0.2) is 28.4 Å². The lowest BCUT2D eigenvalue weighted by molar-refractivity contribution is 0.163. The van der Waals surface area contributed by atoms with Crippen molar-refractivity contribution >= 4 is 16.8 Å². The van der Waals surface area contributed by atoms with Crippen LogP contribution in [0.5, 0.6) is 28.7 Å². The van der Waals surface area contributed by atoms with Crippen LogP contribution in [0.4, 0.5) is 0 Å². The van der Waals surface area contributed by atoms with E-state index in [0.29, 0.717) is 11.5 Å². The van der Waals surface area contributed by atoms with Crippen LogP contribution in [0.25, 0.3) is 28.0 Å². The number of hydrogen-bond acceptors (Lipinski definition) is 5. The van der Waals surface area contributed by atoms with Gasteiger partial charge in [0.05, 0.1) is 28.4 Å². The largest absolute Gasteiger partial charge is 0.497 e. The van der Waals surface area contributed by atoms with Gasteiger partial charge in [-0.15, -0.1) is 0 Å². The highest BCUT2D eigenvalue weighted by Gasteiger charge is 2.39. The molecule has 0 saturated carbocycles. The molecule has 5 aromatic rings. The predicted octanol–water partition coefficient (Wildman–Crippen LogP) is 7.99. The smallest absolute Gasteiger partial charge is 0.178 e. The molecule has 2 aliphatic rings. The van der Waals surface area contributed by atoms with E-state index in [4.69, 9.17) is 23.7 Å². The highest BCUT2D eigenvalue weighted by molar-refractivity contribution is 6.07. The lowest BCUT2D eigenvalue weighted by Crippen LogP contribution is -2.34. The van der Waals surface area contributed by atoms with Gasteiger partial charge in [-0.3, -0.25) is 0 Å². The van der Waals surface area contributed by atoms with Gasteiger partial charge in [-0.05, 0) is 83.0 Å². The number of ether oxygens (including phenoxy) is 5. The number of aryl methyl sites for hydroxylation is 1. The molecule has 0 spiro atoms. The van der Waals surface area contributed by atoms with Gasteiger partial charge >= 0.3 is 0 Å². The predicted molar refractivity (Wildman–Crippen MR) is 166 cm³/mol. The van der Waals surface area contributed by atoms with E-state index in [9.17, 15) is 0 Å². The molecule has 0 aromatic heterocycles. The van der Waals surface area contributed by atoms with E-state index in [-0.39, 0.29) is 0 Å². The molecule has 0 saturated heterocycles. The number of benzene rings is 5. The van der Waals surface area contributed by atoms with Crippen molar-refractivity contribution in [3.8, 4) is 39.9 Å². The molecular weight excluding hydrogens is 524 g/mol. The first-order chi connectivity index (χ1) is 20.6. The van der Waals surface area contributed by atoms with Crippen molar-refractivity contribution in [1.29, 1.82) is 0 Å². The summed E-state index contributed by atoms with van der Waals surface area (Å²) in [6, 6.07) is 29.0. The van der Waals surface area contributed by atoms with Crippen LogP contribution in [-0.2, 0) is 18.4 Å². The number of hydrogen-bond donors (Lipinski definition) is 0. The molecule has 5 heteroatoms. The SMILES string of the molecule is COc1ccc(C2(c3ccc(OC)cc3)C=Cc3c4c(c5cc(OC)c(OC)cc5c3O2)-c2ccccc2CC4)cc1. The van der Waals surface area contributed by atoms with Gasteiger partial charge in [0.1, 0.15) is 17.2 Å². The quantitative estimate of drug-likeness (QED) is 0.212. The molecule has 7 rings (SSSR count). The van der Waals surface area contributed by atoms with Gasteiger partial charge in [0.15, 0.2) is 17.1 Å². The molecule has 5 aromatic carbocycles. The summed E-state index contributed by atoms with van der Waals surface area (Å²) in [5.41, 5.74) is 7.35. The van der Waals surface area contributed by atoms with E-state index >= 15 is 0 Å². The Labute approximate surface area is 245 Å². The summed E-state index contributed by atoms with van der Waals surface area (Å²) >= 11 is 0. The zero-order valence-corrected chi connectivity index (χ0v) is 24.2. The monoisotopic (exact) mass is 556 g/mol. The van der Waals surface area contributed by atoms with Gasteiger partial charge in [-0.2, -0.15) is 0 Å². The van der Waals surface area contributed by atoms with Crippen LogP contribution in [0.1, 0.15) is 27.8 Å². The third kappa shape index (κ3) is 3.92. The summed E-state index contributed by atoms with van der Waals surface area (Å²) in [5, 5.41) is 2.07. The molecule has 42 heavy (non-hydrogen) atoms. The van der Waals surface area contributed by atoms with Crippen molar-refractivity contribution in [2.24, 2.45) is 0 Å². The second kappa shape index (κ2) is 10.2. The van der Waals surface area contributed by atoms with Gasteiger partial charge < -0.3 is 23.7 Å². The van der Waals surface area contributed by atoms with Gasteiger partial charge in [0, 0.05) is 22.1 Å². The van der Waals surface area contributed by atoms with Gasteiger partial charge in [-0.25, -0.2) is 0 Å². The molecular formula is C37H32O5. The molecule has 0 fully saturated rings. The Bertz CT molecular complexity index is 1790. The third-order valence-corrected chi connectivity index (χ3v) is 8.63. The minimum Gasteiger partial charge on any atom is -0.497 e. The molecule has 1 aliphatic heterocycles. The van der Waals surface area contributed by atoms with E-state index in [1.54, 1.807) is 28.4 Å². The Morgan fingerprint density at radius 3 is 1.83 bits per heavy atom. The van der Waals surface area contributed by atoms with Gasteiger partial charge in [-0.1, -0.05) is 54.6 Å². The Morgan fingerprint density at radius 2 is 1.24 bits per heavy atom. The van der Waals surface area contributed by atoms with Gasteiger partial charge in [0.25, 0.3) is 0 Å². The fraction of sp³-hybridized carbons (Fsp3) is 0.189. The lowest BCUT2D eigenvalue weighted by atomic mass is 9.77. The van der Waals surface area contributed by atoms with Crippen molar-refractivity contribution in [1.82, 2.24) is 0 Å². The number of methoxy groups -OCH3 is 4. The molecule has 1 aliphatic carbocycles. The van der Waals surface area contributed by atoms with Crippen LogP contribution < -0.4 is 23.7 Å². The molecule has 210 valence electrons. The summed E-state index contributed by atoms with van der Waals surface area (Å²) < 4.78 is 29.8. The fourth-order valence-corrected chi connectivity index (χ4v) is 6.50. The standard InChI is InChI=1S/C37H32O5/c1-38-26-14-10-24(11-15-26)37(25-12-16-27(39-2)17-13-25)20-19-30-29-18-9-23-7-5-6-8-28(23)35(29)31-21-33(40-3)34(41-4)22-32(31)36(30)42-37/h5-8,10-17,19-22H,9,18H2,1-4H3. The van der Waals surface area contributed by atoms with Crippen LogP contribution in [0.3, 0.4) is 0 Å². The first-order valence-electron chi connectivity index (χ1n) is 14.1. The molecule has 5 nitrogen and oxygen atoms in total. The Morgan fingerprint density at radius 1 is 0.643 bits per heavy atom. The maximum atomic E-state index is 7.31. The Kier molecular flexibility index (Phi) is 6.31. The Balaban J connectivity index is 1.53. The molecule has 1 heterocycles. The summed E-state index contributed by atoms with van der Waals surface area (Å²) in [7, 11) is 6.71. The average molecular weight is 557 g/mol. The molecule has 0 radical (unpaired) electrons.